The first-order chi connectivity index (χ1) is 16.4. The van der Waals surface area contributed by atoms with Crippen molar-refractivity contribution in [3.8, 4) is 28.1 Å². The Bertz CT molecular complexity index is 1520. The summed E-state index contributed by atoms with van der Waals surface area (Å²) in [6.45, 7) is 1.95. The maximum absolute atomic E-state index is 9.75. The van der Waals surface area contributed by atoms with Gasteiger partial charge in [0.15, 0.2) is 11.3 Å². The lowest BCUT2D eigenvalue weighted by Gasteiger charge is -2.42. The second kappa shape index (κ2) is 7.62. The van der Waals surface area contributed by atoms with Crippen LogP contribution >= 0.6 is 0 Å². The summed E-state index contributed by atoms with van der Waals surface area (Å²) in [6, 6.07) is 20.2. The third-order valence-corrected chi connectivity index (χ3v) is 6.71. The predicted octanol–water partition coefficient (Wildman–Crippen LogP) is 4.24. The van der Waals surface area contributed by atoms with E-state index in [1.54, 1.807) is 11.6 Å². The van der Waals surface area contributed by atoms with Crippen molar-refractivity contribution in [2.75, 3.05) is 7.11 Å². The van der Waals surface area contributed by atoms with E-state index in [9.17, 15) is 5.11 Å². The number of aromatic nitrogens is 4. The van der Waals surface area contributed by atoms with Crippen LogP contribution in [0.5, 0.6) is 5.75 Å². The number of methoxy groups -OCH3 is 1. The van der Waals surface area contributed by atoms with Crippen LogP contribution in [0.1, 0.15) is 24.1 Å². The fraction of sp³-hybridized carbons (Fsp3) is 0.222. The summed E-state index contributed by atoms with van der Waals surface area (Å²) < 4.78 is 7.14. The first-order valence-corrected chi connectivity index (χ1v) is 11.3. The molecule has 1 fully saturated rings. The Balaban J connectivity index is 1.54. The van der Waals surface area contributed by atoms with E-state index in [0.29, 0.717) is 12.8 Å². The lowest BCUT2D eigenvalue weighted by atomic mass is 9.70. The van der Waals surface area contributed by atoms with E-state index < -0.39 is 5.54 Å². The molecule has 0 radical (unpaired) electrons. The van der Waals surface area contributed by atoms with Gasteiger partial charge < -0.3 is 15.6 Å². The molecule has 0 unspecified atom stereocenters. The van der Waals surface area contributed by atoms with Gasteiger partial charge in [-0.05, 0) is 49.1 Å². The van der Waals surface area contributed by atoms with Crippen molar-refractivity contribution in [1.29, 1.82) is 0 Å². The van der Waals surface area contributed by atoms with Gasteiger partial charge in [0.05, 0.1) is 24.6 Å². The summed E-state index contributed by atoms with van der Waals surface area (Å²) in [5, 5.41) is 15.3. The highest BCUT2D eigenvalue weighted by atomic mass is 16.5. The number of hydrogen-bond donors (Lipinski definition) is 2. The summed E-state index contributed by atoms with van der Waals surface area (Å²) in [6.07, 6.45) is 2.70. The van der Waals surface area contributed by atoms with Crippen LogP contribution in [0, 0.1) is 6.92 Å². The van der Waals surface area contributed by atoms with Gasteiger partial charge in [-0.3, -0.25) is 0 Å². The summed E-state index contributed by atoms with van der Waals surface area (Å²) in [4.78, 5) is 9.66. The molecule has 0 saturated heterocycles. The van der Waals surface area contributed by atoms with Crippen molar-refractivity contribution in [1.82, 2.24) is 19.6 Å². The Morgan fingerprint density at radius 2 is 1.74 bits per heavy atom. The van der Waals surface area contributed by atoms with Gasteiger partial charge >= 0.3 is 0 Å². The number of fused-ring (bicyclic) bond motifs is 3. The van der Waals surface area contributed by atoms with Crippen molar-refractivity contribution in [3.63, 3.8) is 0 Å². The van der Waals surface area contributed by atoms with Crippen molar-refractivity contribution in [3.05, 3.63) is 78.1 Å². The minimum atomic E-state index is -0.460. The minimum Gasteiger partial charge on any atom is -0.497 e. The van der Waals surface area contributed by atoms with Crippen LogP contribution in [-0.2, 0) is 5.54 Å². The second-order valence-corrected chi connectivity index (χ2v) is 9.14. The molecule has 0 spiro atoms. The lowest BCUT2D eigenvalue weighted by molar-refractivity contribution is 0.0209. The van der Waals surface area contributed by atoms with Gasteiger partial charge in [0, 0.05) is 34.3 Å². The zero-order valence-corrected chi connectivity index (χ0v) is 19.1. The number of hydrogen-bond acceptors (Lipinski definition) is 6. The molecule has 7 nitrogen and oxygen atoms in total. The van der Waals surface area contributed by atoms with Crippen molar-refractivity contribution >= 4 is 16.7 Å². The minimum absolute atomic E-state index is 0.318. The molecule has 5 aromatic rings. The van der Waals surface area contributed by atoms with Crippen LogP contribution in [0.15, 0.2) is 66.9 Å². The normalized spacial score (nSPS) is 19.9. The number of rotatable bonds is 4. The first-order valence-electron chi connectivity index (χ1n) is 11.3. The van der Waals surface area contributed by atoms with Crippen molar-refractivity contribution < 1.29 is 9.84 Å². The van der Waals surface area contributed by atoms with Gasteiger partial charge in [-0.15, -0.1) is 0 Å². The first kappa shape index (κ1) is 20.8. The van der Waals surface area contributed by atoms with Gasteiger partial charge in [-0.1, -0.05) is 36.4 Å². The smallest absolute Gasteiger partial charge is 0.165 e. The summed E-state index contributed by atoms with van der Waals surface area (Å²) in [7, 11) is 1.66. The van der Waals surface area contributed by atoms with Gasteiger partial charge in [-0.2, -0.15) is 9.61 Å². The molecule has 0 atom stereocenters. The summed E-state index contributed by atoms with van der Waals surface area (Å²) in [5.74, 6) is 0.801. The molecule has 6 rings (SSSR count). The Hall–Kier alpha value is -3.81. The molecule has 0 amide bonds. The molecular formula is C27H25N5O2. The molecule has 1 aliphatic rings. The number of aliphatic hydroxyl groups is 1. The predicted molar refractivity (Wildman–Crippen MR) is 132 cm³/mol. The van der Waals surface area contributed by atoms with Gasteiger partial charge in [0.2, 0.25) is 0 Å². The largest absolute Gasteiger partial charge is 0.497 e. The number of benzene rings is 2. The molecule has 1 aliphatic carbocycles. The Kier molecular flexibility index (Phi) is 4.65. The van der Waals surface area contributed by atoms with E-state index >= 15 is 0 Å². The second-order valence-electron chi connectivity index (χ2n) is 9.14. The fourth-order valence-electron chi connectivity index (χ4n) is 4.84. The summed E-state index contributed by atoms with van der Waals surface area (Å²) in [5.41, 5.74) is 13.3. The highest BCUT2D eigenvalue weighted by Crippen LogP contribution is 2.40. The molecule has 170 valence electrons. The van der Waals surface area contributed by atoms with E-state index in [1.807, 2.05) is 55.6 Å². The van der Waals surface area contributed by atoms with Crippen LogP contribution < -0.4 is 10.5 Å². The van der Waals surface area contributed by atoms with Crippen LogP contribution in [0.4, 0.5) is 0 Å². The SMILES string of the molecule is COc1ccc(-c2cc3cnc4cc(C)nn4c3nc2-c2ccc([C@]3(N)C[C@H](O)C3)cc2)cc1. The van der Waals surface area contributed by atoms with Crippen LogP contribution in [0.3, 0.4) is 0 Å². The average molecular weight is 452 g/mol. The molecular weight excluding hydrogens is 426 g/mol. The maximum Gasteiger partial charge on any atom is 0.165 e. The van der Waals surface area contributed by atoms with E-state index in [4.69, 9.17) is 15.5 Å². The number of aliphatic hydroxyl groups excluding tert-OH is 1. The third-order valence-electron chi connectivity index (χ3n) is 6.71. The van der Waals surface area contributed by atoms with E-state index in [0.717, 1.165) is 56.1 Å². The Morgan fingerprint density at radius 3 is 2.41 bits per heavy atom. The number of aryl methyl sites for hydroxylation is 1. The standard InChI is InChI=1S/C27H25N5O2/c1-16-11-24-29-15-19-12-23(17-5-9-22(34-2)10-6-17)25(30-26(19)32(24)31-16)18-3-7-20(8-4-18)27(28)13-21(33)14-27/h3-12,15,21,33H,13-14,28H2,1-2H3/t21-,27-. The fourth-order valence-corrected chi connectivity index (χ4v) is 4.84. The number of nitrogens with zero attached hydrogens (tertiary/aromatic N) is 4. The van der Waals surface area contributed by atoms with Gasteiger partial charge in [-0.25, -0.2) is 9.97 Å². The third kappa shape index (κ3) is 3.32. The summed E-state index contributed by atoms with van der Waals surface area (Å²) >= 11 is 0. The molecule has 2 aromatic carbocycles. The zero-order valence-electron chi connectivity index (χ0n) is 19.1. The molecule has 7 heteroatoms. The van der Waals surface area contributed by atoms with Crippen LogP contribution in [0.25, 0.3) is 39.1 Å². The zero-order chi connectivity index (χ0) is 23.4. The Morgan fingerprint density at radius 1 is 1.03 bits per heavy atom. The quantitative estimate of drug-likeness (QED) is 0.424. The average Bonchev–Trinajstić information content (AvgIpc) is 3.23. The van der Waals surface area contributed by atoms with E-state index in [-0.39, 0.29) is 6.10 Å². The monoisotopic (exact) mass is 451 g/mol. The molecule has 1 saturated carbocycles. The highest BCUT2D eigenvalue weighted by molar-refractivity contribution is 5.90. The molecule has 0 aliphatic heterocycles. The van der Waals surface area contributed by atoms with Crippen LogP contribution in [-0.4, -0.2) is 37.9 Å². The highest BCUT2D eigenvalue weighted by Gasteiger charge is 2.41. The van der Waals surface area contributed by atoms with E-state index in [1.165, 1.54) is 0 Å². The number of nitrogens with two attached hydrogens (primary N) is 1. The van der Waals surface area contributed by atoms with Crippen molar-refractivity contribution in [2.45, 2.75) is 31.4 Å². The van der Waals surface area contributed by atoms with Gasteiger partial charge in [0.1, 0.15) is 5.75 Å². The van der Waals surface area contributed by atoms with Crippen LogP contribution in [0.2, 0.25) is 0 Å². The molecule has 3 N–H and O–H groups in total. The lowest BCUT2D eigenvalue weighted by Crippen LogP contribution is -2.51. The molecule has 34 heavy (non-hydrogen) atoms. The molecule has 0 bridgehead atoms. The Labute approximate surface area is 196 Å². The molecule has 3 aromatic heterocycles. The van der Waals surface area contributed by atoms with Gasteiger partial charge in [0.25, 0.3) is 0 Å². The molecule has 3 heterocycles. The number of pyridine rings is 1. The topological polar surface area (TPSA) is 98.6 Å². The van der Waals surface area contributed by atoms with Crippen molar-refractivity contribution in [2.24, 2.45) is 5.73 Å². The van der Waals surface area contributed by atoms with E-state index in [2.05, 4.69) is 28.3 Å². The maximum atomic E-state index is 9.75. The number of ether oxygens (including phenoxy) is 1.